The van der Waals surface area contributed by atoms with Crippen LogP contribution in [-0.4, -0.2) is 48.2 Å². The van der Waals surface area contributed by atoms with Crippen molar-refractivity contribution in [1.29, 1.82) is 0 Å². The van der Waals surface area contributed by atoms with E-state index in [-0.39, 0.29) is 49.4 Å². The Bertz CT molecular complexity index is 1160. The van der Waals surface area contributed by atoms with Gasteiger partial charge in [0, 0.05) is 6.42 Å². The summed E-state index contributed by atoms with van der Waals surface area (Å²) >= 11 is 0. The van der Waals surface area contributed by atoms with E-state index in [1.807, 2.05) is 60.7 Å². The van der Waals surface area contributed by atoms with Gasteiger partial charge in [-0.15, -0.1) is 13.2 Å². The zero-order valence-corrected chi connectivity index (χ0v) is 26.0. The van der Waals surface area contributed by atoms with Crippen LogP contribution in [0.1, 0.15) is 68.9 Å². The third-order valence-corrected chi connectivity index (χ3v) is 8.39. The molecule has 0 aromatic heterocycles. The van der Waals surface area contributed by atoms with Crippen molar-refractivity contribution in [3.05, 3.63) is 97.1 Å². The van der Waals surface area contributed by atoms with Crippen molar-refractivity contribution < 1.29 is 24.2 Å². The standard InChI is InChI=1S/C37H50N2O5/c1-3-14-31(25-35(41)38-33(26-40)23-29-18-10-6-11-19-29)36(42)39-34(24-30-20-12-7-13-21-30)27-44-37(43)32(15-4-2)22-28-16-8-5-9-17-28/h3-6,8-11,16-19,30-34,40H,1-2,7,12-15,20-27H2,(H,38,41)(H,39,42)/t31-,32+,33+,34+/m1/s1. The average Bonchev–Trinajstić information content (AvgIpc) is 3.04. The van der Waals surface area contributed by atoms with Gasteiger partial charge in [-0.05, 0) is 49.1 Å². The van der Waals surface area contributed by atoms with Gasteiger partial charge in [0.1, 0.15) is 6.61 Å². The molecule has 2 aromatic carbocycles. The maximum Gasteiger partial charge on any atom is 0.309 e. The highest BCUT2D eigenvalue weighted by molar-refractivity contribution is 5.86. The van der Waals surface area contributed by atoms with Crippen molar-refractivity contribution in [1.82, 2.24) is 10.6 Å². The first-order chi connectivity index (χ1) is 21.4. The summed E-state index contributed by atoms with van der Waals surface area (Å²) in [6.45, 7) is 7.50. The van der Waals surface area contributed by atoms with Gasteiger partial charge in [0.15, 0.2) is 0 Å². The third-order valence-electron chi connectivity index (χ3n) is 8.39. The van der Waals surface area contributed by atoms with E-state index in [2.05, 4.69) is 23.8 Å². The highest BCUT2D eigenvalue weighted by atomic mass is 16.5. The van der Waals surface area contributed by atoms with E-state index in [4.69, 9.17) is 4.74 Å². The largest absolute Gasteiger partial charge is 0.463 e. The molecule has 2 amide bonds. The molecule has 0 aliphatic heterocycles. The minimum absolute atomic E-state index is 0.0302. The minimum Gasteiger partial charge on any atom is -0.463 e. The number of benzene rings is 2. The molecule has 44 heavy (non-hydrogen) atoms. The molecule has 0 bridgehead atoms. The Kier molecular flexibility index (Phi) is 15.4. The first-order valence-electron chi connectivity index (χ1n) is 16.1. The molecule has 7 nitrogen and oxygen atoms in total. The van der Waals surface area contributed by atoms with Crippen LogP contribution in [-0.2, 0) is 32.0 Å². The molecule has 0 spiro atoms. The number of rotatable bonds is 19. The second-order valence-corrected chi connectivity index (χ2v) is 12.0. The van der Waals surface area contributed by atoms with E-state index in [0.29, 0.717) is 31.6 Å². The Labute approximate surface area is 263 Å². The van der Waals surface area contributed by atoms with E-state index < -0.39 is 12.0 Å². The van der Waals surface area contributed by atoms with Crippen LogP contribution < -0.4 is 10.6 Å². The van der Waals surface area contributed by atoms with Gasteiger partial charge in [-0.25, -0.2) is 0 Å². The lowest BCUT2D eigenvalue weighted by Crippen LogP contribution is -2.45. The Morgan fingerprint density at radius 1 is 0.818 bits per heavy atom. The molecule has 3 rings (SSSR count). The first-order valence-corrected chi connectivity index (χ1v) is 16.1. The summed E-state index contributed by atoms with van der Waals surface area (Å²) in [6.07, 6.45) is 11.7. The molecule has 0 unspecified atom stereocenters. The first kappa shape index (κ1) is 34.8. The molecule has 4 atom stereocenters. The SMILES string of the molecule is C=CC[C@H](CC(=O)N[C@H](CO)Cc1ccccc1)C(=O)N[C@H](COC(=O)[C@@H](CC=C)Cc1ccccc1)CC1CCCCC1. The average molecular weight is 603 g/mol. The molecule has 1 aliphatic carbocycles. The second-order valence-electron chi connectivity index (χ2n) is 12.0. The Morgan fingerprint density at radius 3 is 2.00 bits per heavy atom. The fourth-order valence-electron chi connectivity index (χ4n) is 6.03. The number of aliphatic hydroxyl groups is 1. The molecular weight excluding hydrogens is 552 g/mol. The summed E-state index contributed by atoms with van der Waals surface area (Å²) in [5.74, 6) is -1.39. The van der Waals surface area contributed by atoms with Crippen LogP contribution in [0.5, 0.6) is 0 Å². The van der Waals surface area contributed by atoms with Crippen LogP contribution in [0, 0.1) is 17.8 Å². The van der Waals surface area contributed by atoms with Gasteiger partial charge < -0.3 is 20.5 Å². The third kappa shape index (κ3) is 12.5. The number of carbonyl (C=O) groups excluding carboxylic acids is 3. The van der Waals surface area contributed by atoms with Crippen molar-refractivity contribution in [2.24, 2.45) is 17.8 Å². The van der Waals surface area contributed by atoms with Crippen LogP contribution in [0.4, 0.5) is 0 Å². The molecule has 1 fully saturated rings. The van der Waals surface area contributed by atoms with Gasteiger partial charge in [0.25, 0.3) is 0 Å². The number of nitrogens with one attached hydrogen (secondary N) is 2. The maximum absolute atomic E-state index is 13.5. The molecule has 1 aliphatic rings. The predicted octanol–water partition coefficient (Wildman–Crippen LogP) is 5.72. The smallest absolute Gasteiger partial charge is 0.309 e. The Hall–Kier alpha value is -3.71. The molecular formula is C37H50N2O5. The minimum atomic E-state index is -0.625. The van der Waals surface area contributed by atoms with Gasteiger partial charge in [-0.2, -0.15) is 0 Å². The van der Waals surface area contributed by atoms with Gasteiger partial charge in [-0.1, -0.05) is 105 Å². The molecule has 7 heteroatoms. The van der Waals surface area contributed by atoms with E-state index in [1.54, 1.807) is 12.2 Å². The van der Waals surface area contributed by atoms with E-state index in [1.165, 1.54) is 6.42 Å². The van der Waals surface area contributed by atoms with Crippen molar-refractivity contribution in [3.63, 3.8) is 0 Å². The quantitative estimate of drug-likeness (QED) is 0.141. The zero-order chi connectivity index (χ0) is 31.6. The van der Waals surface area contributed by atoms with Crippen LogP contribution in [0.15, 0.2) is 86.0 Å². The highest BCUT2D eigenvalue weighted by Crippen LogP contribution is 2.28. The number of allylic oxidation sites excluding steroid dienone is 2. The lowest BCUT2D eigenvalue weighted by atomic mass is 9.84. The number of ether oxygens (including phenoxy) is 1. The summed E-state index contributed by atoms with van der Waals surface area (Å²) in [5, 5.41) is 15.9. The van der Waals surface area contributed by atoms with Crippen LogP contribution in [0.25, 0.3) is 0 Å². The van der Waals surface area contributed by atoms with E-state index >= 15 is 0 Å². The summed E-state index contributed by atoms with van der Waals surface area (Å²) < 4.78 is 5.85. The lowest BCUT2D eigenvalue weighted by molar-refractivity contribution is -0.150. The fraction of sp³-hybridized carbons (Fsp3) is 0.486. The fourth-order valence-corrected chi connectivity index (χ4v) is 6.03. The van der Waals surface area contributed by atoms with Crippen molar-refractivity contribution in [2.45, 2.75) is 82.7 Å². The number of carbonyl (C=O) groups is 3. The Balaban J connectivity index is 1.62. The molecule has 0 heterocycles. The van der Waals surface area contributed by atoms with Gasteiger partial charge in [0.05, 0.1) is 30.5 Å². The molecule has 238 valence electrons. The summed E-state index contributed by atoms with van der Waals surface area (Å²) in [5.41, 5.74) is 2.06. The highest BCUT2D eigenvalue weighted by Gasteiger charge is 2.28. The summed E-state index contributed by atoms with van der Waals surface area (Å²) in [4.78, 5) is 39.7. The van der Waals surface area contributed by atoms with Crippen LogP contribution >= 0.6 is 0 Å². The van der Waals surface area contributed by atoms with Crippen LogP contribution in [0.3, 0.4) is 0 Å². The molecule has 3 N–H and O–H groups in total. The second kappa shape index (κ2) is 19.5. The summed E-state index contributed by atoms with van der Waals surface area (Å²) in [6, 6.07) is 18.7. The lowest BCUT2D eigenvalue weighted by Gasteiger charge is -2.28. The number of esters is 1. The molecule has 0 saturated heterocycles. The van der Waals surface area contributed by atoms with Gasteiger partial charge >= 0.3 is 5.97 Å². The molecule has 2 aromatic rings. The Morgan fingerprint density at radius 2 is 1.41 bits per heavy atom. The predicted molar refractivity (Wildman–Crippen MR) is 175 cm³/mol. The maximum atomic E-state index is 13.5. The number of aliphatic hydroxyl groups excluding tert-OH is 1. The topological polar surface area (TPSA) is 105 Å². The number of hydrogen-bond acceptors (Lipinski definition) is 5. The molecule has 1 saturated carbocycles. The van der Waals surface area contributed by atoms with Gasteiger partial charge in [0.2, 0.25) is 11.8 Å². The number of hydrogen-bond donors (Lipinski definition) is 3. The normalized spacial score (nSPS) is 16.1. The summed E-state index contributed by atoms with van der Waals surface area (Å²) in [7, 11) is 0. The van der Waals surface area contributed by atoms with Crippen LogP contribution in [0.2, 0.25) is 0 Å². The van der Waals surface area contributed by atoms with E-state index in [9.17, 15) is 19.5 Å². The molecule has 0 radical (unpaired) electrons. The van der Waals surface area contributed by atoms with Crippen molar-refractivity contribution >= 4 is 17.8 Å². The van der Waals surface area contributed by atoms with Crippen molar-refractivity contribution in [3.8, 4) is 0 Å². The monoisotopic (exact) mass is 602 g/mol. The van der Waals surface area contributed by atoms with E-state index in [0.717, 1.165) is 43.2 Å². The zero-order valence-electron chi connectivity index (χ0n) is 26.0. The van der Waals surface area contributed by atoms with Crippen molar-refractivity contribution in [2.75, 3.05) is 13.2 Å². The number of amides is 2. The van der Waals surface area contributed by atoms with Gasteiger partial charge in [-0.3, -0.25) is 14.4 Å².